The molecule has 0 radical (unpaired) electrons. The van der Waals surface area contributed by atoms with E-state index in [4.69, 9.17) is 38.4 Å². The molecule has 12 heteroatoms. The minimum atomic E-state index is -0.386. The molecule has 0 fully saturated rings. The molecule has 0 bridgehead atoms. The summed E-state index contributed by atoms with van der Waals surface area (Å²) in [5.74, 6) is 1.41. The SMILES string of the molecule is COc1cc(C(=O)Nc2ccc3c(c2)C(c2ccccc2)=Nc2ccc(NC(=O)c4cc(OC)c(OC)c(OC)c4)cc2C(c2ccccc2)=N3)cc(OC)c1OC. The third-order valence-corrected chi connectivity index (χ3v) is 9.43. The summed E-state index contributed by atoms with van der Waals surface area (Å²) in [6, 6.07) is 36.9. The quantitative estimate of drug-likeness (QED) is 0.126. The number of hydrogen-bond acceptors (Lipinski definition) is 10. The fourth-order valence-corrected chi connectivity index (χ4v) is 6.63. The van der Waals surface area contributed by atoms with Gasteiger partial charge in [-0.2, -0.15) is 0 Å². The average Bonchev–Trinajstić information content (AvgIpc) is 3.26. The van der Waals surface area contributed by atoms with E-state index < -0.39 is 0 Å². The number of benzene rings is 6. The van der Waals surface area contributed by atoms with Crippen LogP contribution >= 0.6 is 0 Å². The predicted molar refractivity (Wildman–Crippen MR) is 224 cm³/mol. The molecule has 0 saturated heterocycles. The molecule has 0 spiro atoms. The first-order valence-electron chi connectivity index (χ1n) is 18.1. The number of amides is 2. The van der Waals surface area contributed by atoms with Crippen LogP contribution in [0.15, 0.2) is 131 Å². The summed E-state index contributed by atoms with van der Waals surface area (Å²) in [6.07, 6.45) is 0. The zero-order valence-corrected chi connectivity index (χ0v) is 32.7. The van der Waals surface area contributed by atoms with Crippen molar-refractivity contribution >= 4 is 46.0 Å². The predicted octanol–water partition coefficient (Wildman–Crippen LogP) is 8.89. The Labute approximate surface area is 335 Å². The number of hydrogen-bond donors (Lipinski definition) is 2. The first kappa shape index (κ1) is 38.7. The molecule has 0 aromatic heterocycles. The fraction of sp³-hybridized carbons (Fsp3) is 0.130. The number of carbonyl (C=O) groups excluding carboxylic acids is 2. The highest BCUT2D eigenvalue weighted by molar-refractivity contribution is 6.23. The van der Waals surface area contributed by atoms with E-state index in [-0.39, 0.29) is 11.8 Å². The second kappa shape index (κ2) is 17.0. The first-order valence-corrected chi connectivity index (χ1v) is 18.1. The standard InChI is InChI=1S/C46H40N4O8/c1-53-37-21-29(22-38(54-2)43(37)57-5)45(51)47-31-17-19-35-33(25-31)41(27-13-9-7-10-14-27)50-36-20-18-32(26-34(36)42(49-35)28-15-11-8-12-16-28)48-46(52)30-23-39(55-3)44(58-6)40(24-30)56-4/h7-26H,1-6H3,(H,47,51)(H,48,52). The molecule has 2 N–H and O–H groups in total. The molecule has 58 heavy (non-hydrogen) atoms. The topological polar surface area (TPSA) is 138 Å². The smallest absolute Gasteiger partial charge is 0.255 e. The Kier molecular flexibility index (Phi) is 11.4. The summed E-state index contributed by atoms with van der Waals surface area (Å²) in [5, 5.41) is 6.04. The van der Waals surface area contributed by atoms with Gasteiger partial charge in [0.25, 0.3) is 11.8 Å². The average molecular weight is 777 g/mol. The van der Waals surface area contributed by atoms with Crippen LogP contribution in [0.3, 0.4) is 0 Å². The lowest BCUT2D eigenvalue weighted by atomic mass is 9.95. The maximum absolute atomic E-state index is 13.7. The van der Waals surface area contributed by atoms with Crippen molar-refractivity contribution in [1.82, 2.24) is 0 Å². The van der Waals surface area contributed by atoms with Crippen LogP contribution < -0.4 is 39.1 Å². The lowest BCUT2D eigenvalue weighted by Gasteiger charge is -2.20. The van der Waals surface area contributed by atoms with Crippen molar-refractivity contribution in [2.75, 3.05) is 53.3 Å². The number of ether oxygens (including phenoxy) is 6. The molecule has 1 aliphatic heterocycles. The summed E-state index contributed by atoms with van der Waals surface area (Å²) < 4.78 is 32.8. The van der Waals surface area contributed by atoms with Gasteiger partial charge in [0.15, 0.2) is 23.0 Å². The van der Waals surface area contributed by atoms with Gasteiger partial charge < -0.3 is 39.1 Å². The third kappa shape index (κ3) is 7.76. The maximum atomic E-state index is 13.7. The van der Waals surface area contributed by atoms with Gasteiger partial charge in [-0.05, 0) is 60.7 Å². The second-order valence-electron chi connectivity index (χ2n) is 12.9. The van der Waals surface area contributed by atoms with E-state index in [1.807, 2.05) is 84.9 Å². The Bertz CT molecular complexity index is 2340. The van der Waals surface area contributed by atoms with Gasteiger partial charge in [0.1, 0.15) is 0 Å². The van der Waals surface area contributed by atoms with Gasteiger partial charge in [-0.15, -0.1) is 0 Å². The molecule has 0 aliphatic carbocycles. The van der Waals surface area contributed by atoms with Crippen LogP contribution in [0.4, 0.5) is 22.7 Å². The third-order valence-electron chi connectivity index (χ3n) is 9.43. The molecule has 0 unspecified atom stereocenters. The van der Waals surface area contributed by atoms with Crippen LogP contribution in [0.25, 0.3) is 0 Å². The Morgan fingerprint density at radius 3 is 1.09 bits per heavy atom. The van der Waals surface area contributed by atoms with Gasteiger partial charge in [0.05, 0.1) is 65.5 Å². The van der Waals surface area contributed by atoms with Crippen LogP contribution in [0.2, 0.25) is 0 Å². The Morgan fingerprint density at radius 2 is 0.776 bits per heavy atom. The van der Waals surface area contributed by atoms with Crippen LogP contribution in [-0.4, -0.2) is 65.9 Å². The van der Waals surface area contributed by atoms with Crippen LogP contribution in [0.5, 0.6) is 34.5 Å². The van der Waals surface area contributed by atoms with Gasteiger partial charge in [0, 0.05) is 44.8 Å². The summed E-state index contributed by atoms with van der Waals surface area (Å²) >= 11 is 0. The van der Waals surface area contributed by atoms with E-state index in [9.17, 15) is 9.59 Å². The van der Waals surface area contributed by atoms with Gasteiger partial charge in [-0.1, -0.05) is 60.7 Å². The molecule has 6 aromatic carbocycles. The molecule has 6 aromatic rings. The van der Waals surface area contributed by atoms with E-state index in [1.54, 1.807) is 36.4 Å². The lowest BCUT2D eigenvalue weighted by Crippen LogP contribution is -2.15. The van der Waals surface area contributed by atoms with Crippen molar-refractivity contribution < 1.29 is 38.0 Å². The minimum absolute atomic E-state index is 0.310. The normalized spacial score (nSPS) is 11.6. The fourth-order valence-electron chi connectivity index (χ4n) is 6.63. The number of anilines is 2. The van der Waals surface area contributed by atoms with Crippen molar-refractivity contribution in [3.63, 3.8) is 0 Å². The minimum Gasteiger partial charge on any atom is -0.493 e. The highest BCUT2D eigenvalue weighted by Crippen LogP contribution is 2.41. The number of rotatable bonds is 12. The van der Waals surface area contributed by atoms with Crippen molar-refractivity contribution in [3.05, 3.63) is 155 Å². The van der Waals surface area contributed by atoms with E-state index in [0.29, 0.717) is 90.9 Å². The van der Waals surface area contributed by atoms with Crippen LogP contribution in [-0.2, 0) is 0 Å². The summed E-state index contributed by atoms with van der Waals surface area (Å²) in [7, 11) is 8.99. The van der Waals surface area contributed by atoms with Crippen molar-refractivity contribution in [2.45, 2.75) is 0 Å². The second-order valence-corrected chi connectivity index (χ2v) is 12.9. The van der Waals surface area contributed by atoms with Gasteiger partial charge in [0.2, 0.25) is 11.5 Å². The number of aliphatic imine (C=N–C) groups is 2. The van der Waals surface area contributed by atoms with Gasteiger partial charge >= 0.3 is 0 Å². The number of carbonyl (C=O) groups is 2. The van der Waals surface area contributed by atoms with E-state index in [2.05, 4.69) is 10.6 Å². The molecule has 1 aliphatic rings. The molecular weight excluding hydrogens is 737 g/mol. The number of nitrogens with zero attached hydrogens (tertiary/aromatic N) is 2. The number of nitrogens with one attached hydrogen (secondary N) is 2. The monoisotopic (exact) mass is 776 g/mol. The molecule has 12 nitrogen and oxygen atoms in total. The lowest BCUT2D eigenvalue weighted by molar-refractivity contribution is 0.101. The zero-order chi connectivity index (χ0) is 40.8. The van der Waals surface area contributed by atoms with E-state index in [1.165, 1.54) is 42.7 Å². The number of methoxy groups -OCH3 is 6. The van der Waals surface area contributed by atoms with Crippen molar-refractivity contribution in [3.8, 4) is 34.5 Å². The number of fused-ring (bicyclic) bond motifs is 2. The van der Waals surface area contributed by atoms with E-state index >= 15 is 0 Å². The van der Waals surface area contributed by atoms with Gasteiger partial charge in [-0.3, -0.25) is 9.59 Å². The Balaban J connectivity index is 1.33. The first-order chi connectivity index (χ1) is 28.3. The highest BCUT2D eigenvalue weighted by Gasteiger charge is 2.24. The maximum Gasteiger partial charge on any atom is 0.255 e. The Morgan fingerprint density at radius 1 is 0.431 bits per heavy atom. The van der Waals surface area contributed by atoms with E-state index in [0.717, 1.165) is 11.1 Å². The summed E-state index contributed by atoms with van der Waals surface area (Å²) in [6.45, 7) is 0. The molecule has 0 atom stereocenters. The van der Waals surface area contributed by atoms with Crippen LogP contribution in [0.1, 0.15) is 43.0 Å². The summed E-state index contributed by atoms with van der Waals surface area (Å²) in [4.78, 5) is 38.0. The zero-order valence-electron chi connectivity index (χ0n) is 32.7. The molecule has 2 amide bonds. The largest absolute Gasteiger partial charge is 0.493 e. The molecular formula is C46H40N4O8. The summed E-state index contributed by atoms with van der Waals surface area (Å²) in [5.41, 5.74) is 7.19. The molecule has 0 saturated carbocycles. The Hall–Kier alpha value is -7.60. The van der Waals surface area contributed by atoms with Crippen molar-refractivity contribution in [1.29, 1.82) is 0 Å². The van der Waals surface area contributed by atoms with Gasteiger partial charge in [-0.25, -0.2) is 9.98 Å². The highest BCUT2D eigenvalue weighted by atomic mass is 16.5. The van der Waals surface area contributed by atoms with Crippen molar-refractivity contribution in [2.24, 2.45) is 9.98 Å². The molecule has 7 rings (SSSR count). The van der Waals surface area contributed by atoms with Crippen LogP contribution in [0, 0.1) is 0 Å². The molecule has 292 valence electrons. The molecule has 1 heterocycles.